The van der Waals surface area contributed by atoms with Crippen LogP contribution in [0.1, 0.15) is 35.7 Å². The maximum Gasteiger partial charge on any atom is 0.449 e. The van der Waals surface area contributed by atoms with E-state index in [2.05, 4.69) is 0 Å². The number of benzene rings is 1. The van der Waals surface area contributed by atoms with E-state index >= 15 is 0 Å². The molecule has 4 nitrogen and oxygen atoms in total. The van der Waals surface area contributed by atoms with Gasteiger partial charge in [0.15, 0.2) is 5.78 Å². The first-order valence-electron chi connectivity index (χ1n) is 7.46. The minimum absolute atomic E-state index is 0.0268. The largest absolute Gasteiger partial charge is 0.455 e. The molecule has 1 aromatic heterocycles. The number of Topliss-reactive ketones (excluding diaryl/α,β-unsaturated/α-hetero) is 1. The number of rotatable bonds is 3. The highest BCUT2D eigenvalue weighted by Gasteiger charge is 2.36. The summed E-state index contributed by atoms with van der Waals surface area (Å²) in [7, 11) is 0. The number of thioether (sulfide) groups is 1. The zero-order valence-electron chi connectivity index (χ0n) is 13.4. The van der Waals surface area contributed by atoms with Crippen LogP contribution in [-0.2, 0) is 17.5 Å². The van der Waals surface area contributed by atoms with Gasteiger partial charge < -0.3 is 9.32 Å². The molecule has 2 heterocycles. The summed E-state index contributed by atoms with van der Waals surface area (Å²) in [5, 5.41) is -0.382. The van der Waals surface area contributed by atoms with Crippen molar-refractivity contribution in [3.63, 3.8) is 0 Å². The maximum atomic E-state index is 12.7. The molecule has 1 amide bonds. The Balaban J connectivity index is 1.97. The molecule has 3 rings (SSSR count). The summed E-state index contributed by atoms with van der Waals surface area (Å²) in [4.78, 5) is 26.3. The zero-order chi connectivity index (χ0) is 18.4. The van der Waals surface area contributed by atoms with Crippen LogP contribution in [0.25, 0.3) is 0 Å². The lowest BCUT2D eigenvalue weighted by Gasteiger charge is -2.32. The number of alkyl halides is 3. The summed E-state index contributed by atoms with van der Waals surface area (Å²) in [5.74, 6) is -1.48. The average Bonchev–Trinajstić information content (AvgIpc) is 3.00. The summed E-state index contributed by atoms with van der Waals surface area (Å²) < 4.78 is 42.9. The normalized spacial score (nSPS) is 17.6. The van der Waals surface area contributed by atoms with Crippen molar-refractivity contribution in [1.29, 1.82) is 0 Å². The minimum Gasteiger partial charge on any atom is -0.455 e. The third-order valence-electron chi connectivity index (χ3n) is 3.83. The van der Waals surface area contributed by atoms with Crippen LogP contribution in [-0.4, -0.2) is 16.9 Å². The predicted octanol–water partition coefficient (Wildman–Crippen LogP) is 4.53. The summed E-state index contributed by atoms with van der Waals surface area (Å²) >= 11 is 1.35. The highest BCUT2D eigenvalue weighted by atomic mass is 32.2. The number of anilines is 1. The van der Waals surface area contributed by atoms with Gasteiger partial charge >= 0.3 is 6.18 Å². The van der Waals surface area contributed by atoms with Gasteiger partial charge in [-0.05, 0) is 38.1 Å². The summed E-state index contributed by atoms with van der Waals surface area (Å²) in [6.07, 6.45) is -4.58. The molecule has 1 unspecified atom stereocenters. The highest BCUT2D eigenvalue weighted by Crippen LogP contribution is 2.41. The molecule has 0 fully saturated rings. The van der Waals surface area contributed by atoms with Crippen molar-refractivity contribution in [3.8, 4) is 0 Å². The number of amides is 1. The Morgan fingerprint density at radius 3 is 2.60 bits per heavy atom. The van der Waals surface area contributed by atoms with Crippen molar-refractivity contribution < 1.29 is 27.2 Å². The van der Waals surface area contributed by atoms with E-state index in [-0.39, 0.29) is 29.2 Å². The van der Waals surface area contributed by atoms with Crippen LogP contribution in [0.5, 0.6) is 0 Å². The van der Waals surface area contributed by atoms with Crippen LogP contribution in [0.4, 0.5) is 18.9 Å². The molecule has 1 aliphatic heterocycles. The van der Waals surface area contributed by atoms with E-state index in [1.165, 1.54) is 29.7 Å². The van der Waals surface area contributed by atoms with Crippen LogP contribution in [0.2, 0.25) is 0 Å². The van der Waals surface area contributed by atoms with Gasteiger partial charge in [-0.15, -0.1) is 11.8 Å². The third kappa shape index (κ3) is 3.44. The summed E-state index contributed by atoms with van der Waals surface area (Å²) in [6, 6.07) is 7.05. The molecule has 0 aliphatic carbocycles. The Morgan fingerprint density at radius 2 is 2.00 bits per heavy atom. The van der Waals surface area contributed by atoms with Gasteiger partial charge in [0.05, 0.1) is 17.5 Å². The fraction of sp³-hybridized carbons (Fsp3) is 0.294. The smallest absolute Gasteiger partial charge is 0.449 e. The number of hydrogen-bond acceptors (Lipinski definition) is 4. The topological polar surface area (TPSA) is 50.5 Å². The molecule has 132 valence electrons. The van der Waals surface area contributed by atoms with Gasteiger partial charge in [-0.2, -0.15) is 13.2 Å². The van der Waals surface area contributed by atoms with Gasteiger partial charge in [0.25, 0.3) is 0 Å². The predicted molar refractivity (Wildman–Crippen MR) is 86.7 cm³/mol. The van der Waals surface area contributed by atoms with E-state index < -0.39 is 11.9 Å². The SMILES string of the molecule is CC(=O)c1ccc2c(c1)N(Cc1ccc(C(F)(F)F)o1)C(=O)C(C)S2. The van der Waals surface area contributed by atoms with Gasteiger partial charge in [-0.25, -0.2) is 0 Å². The second-order valence-electron chi connectivity index (χ2n) is 5.69. The second kappa shape index (κ2) is 6.25. The lowest BCUT2D eigenvalue weighted by molar-refractivity contribution is -0.153. The molecular formula is C17H14F3NO3S. The van der Waals surface area contributed by atoms with E-state index in [4.69, 9.17) is 4.42 Å². The van der Waals surface area contributed by atoms with Gasteiger partial charge in [0.2, 0.25) is 11.7 Å². The van der Waals surface area contributed by atoms with Crippen LogP contribution in [0.3, 0.4) is 0 Å². The molecule has 8 heteroatoms. The van der Waals surface area contributed by atoms with Crippen molar-refractivity contribution in [2.45, 2.75) is 36.7 Å². The standard InChI is InChI=1S/C17H14F3NO3S/c1-9(22)11-3-5-14-13(7-11)21(16(23)10(2)25-14)8-12-4-6-15(24-12)17(18,19)20/h3-7,10H,8H2,1-2H3. The third-order valence-corrected chi connectivity index (χ3v) is 4.98. The van der Waals surface area contributed by atoms with Crippen LogP contribution in [0, 0.1) is 0 Å². The lowest BCUT2D eigenvalue weighted by atomic mass is 10.1. The van der Waals surface area contributed by atoms with Crippen molar-refractivity contribution in [1.82, 2.24) is 0 Å². The quantitative estimate of drug-likeness (QED) is 0.746. The van der Waals surface area contributed by atoms with Crippen LogP contribution in [0.15, 0.2) is 39.6 Å². The Labute approximate surface area is 146 Å². The number of carbonyl (C=O) groups is 2. The first kappa shape index (κ1) is 17.6. The fourth-order valence-electron chi connectivity index (χ4n) is 2.56. The molecule has 0 N–H and O–H groups in total. The highest BCUT2D eigenvalue weighted by molar-refractivity contribution is 8.00. The zero-order valence-corrected chi connectivity index (χ0v) is 14.2. The van der Waals surface area contributed by atoms with E-state index in [0.29, 0.717) is 11.3 Å². The molecule has 1 aromatic carbocycles. The molecule has 0 radical (unpaired) electrons. The van der Waals surface area contributed by atoms with Crippen LogP contribution < -0.4 is 4.90 Å². The number of carbonyl (C=O) groups excluding carboxylic acids is 2. The first-order valence-corrected chi connectivity index (χ1v) is 8.33. The van der Waals surface area contributed by atoms with Crippen molar-refractivity contribution >= 4 is 29.1 Å². The minimum atomic E-state index is -4.58. The lowest BCUT2D eigenvalue weighted by Crippen LogP contribution is -2.39. The first-order chi connectivity index (χ1) is 11.7. The van der Waals surface area contributed by atoms with E-state index in [9.17, 15) is 22.8 Å². The Morgan fingerprint density at radius 1 is 1.28 bits per heavy atom. The molecule has 25 heavy (non-hydrogen) atoms. The van der Waals surface area contributed by atoms with Gasteiger partial charge in [-0.1, -0.05) is 6.07 Å². The van der Waals surface area contributed by atoms with Crippen molar-refractivity contribution in [2.75, 3.05) is 4.90 Å². The van der Waals surface area contributed by atoms with E-state index in [0.717, 1.165) is 11.0 Å². The summed E-state index contributed by atoms with van der Waals surface area (Å²) in [6.45, 7) is 3.01. The number of hydrogen-bond donors (Lipinski definition) is 0. The van der Waals surface area contributed by atoms with Crippen molar-refractivity contribution in [2.24, 2.45) is 0 Å². The maximum absolute atomic E-state index is 12.7. The Hall–Kier alpha value is -2.22. The number of furan rings is 1. The van der Waals surface area contributed by atoms with E-state index in [1.807, 2.05) is 0 Å². The average molecular weight is 369 g/mol. The molecule has 0 bridgehead atoms. The van der Waals surface area contributed by atoms with Gasteiger partial charge in [0.1, 0.15) is 5.76 Å². The number of halogens is 3. The Kier molecular flexibility index (Phi) is 4.40. The van der Waals surface area contributed by atoms with E-state index in [1.54, 1.807) is 25.1 Å². The van der Waals surface area contributed by atoms with Gasteiger partial charge in [0, 0.05) is 10.5 Å². The summed E-state index contributed by atoms with van der Waals surface area (Å²) in [5.41, 5.74) is 0.938. The molecule has 1 atom stereocenters. The molecule has 2 aromatic rings. The second-order valence-corrected chi connectivity index (χ2v) is 7.07. The molecule has 0 saturated carbocycles. The van der Waals surface area contributed by atoms with Gasteiger partial charge in [-0.3, -0.25) is 9.59 Å². The Bertz CT molecular complexity index is 844. The molecule has 1 aliphatic rings. The number of nitrogens with zero attached hydrogens (tertiary/aromatic N) is 1. The number of fused-ring (bicyclic) bond motifs is 1. The number of ketones is 1. The monoisotopic (exact) mass is 369 g/mol. The van der Waals surface area contributed by atoms with Crippen LogP contribution >= 0.6 is 11.8 Å². The van der Waals surface area contributed by atoms with Crippen molar-refractivity contribution in [3.05, 3.63) is 47.4 Å². The molecule has 0 saturated heterocycles. The molecular weight excluding hydrogens is 355 g/mol. The fourth-order valence-corrected chi connectivity index (χ4v) is 3.61. The molecule has 0 spiro atoms.